The van der Waals surface area contributed by atoms with Crippen LogP contribution >= 0.6 is 12.4 Å². The van der Waals surface area contributed by atoms with Crippen molar-refractivity contribution >= 4 is 30.1 Å². The third-order valence-corrected chi connectivity index (χ3v) is 4.92. The fraction of sp³-hybridized carbons (Fsp3) is 0.167. The fourth-order valence-electron chi connectivity index (χ4n) is 3.45. The normalized spacial score (nSPS) is 11.9. The molecule has 1 N–H and O–H groups in total. The van der Waals surface area contributed by atoms with Gasteiger partial charge in [0.2, 0.25) is 11.8 Å². The number of nitrogens with one attached hydrogen (secondary N) is 1. The first kappa shape index (κ1) is 23.7. The number of aromatic nitrogens is 2. The molecule has 0 saturated heterocycles. The van der Waals surface area contributed by atoms with Gasteiger partial charge >= 0.3 is 0 Å². The van der Waals surface area contributed by atoms with Gasteiger partial charge in [0.15, 0.2) is 0 Å². The number of hydrogen-bond acceptors (Lipinski definition) is 7. The van der Waals surface area contributed by atoms with E-state index in [1.165, 1.54) is 18.2 Å². The second kappa shape index (κ2) is 10.1. The summed E-state index contributed by atoms with van der Waals surface area (Å²) in [5, 5.41) is 20.6. The van der Waals surface area contributed by atoms with Crippen molar-refractivity contribution < 1.29 is 13.9 Å². The number of allylic oxidation sites excluding steroid dienone is 1. The van der Waals surface area contributed by atoms with E-state index < -0.39 is 5.82 Å². The molecule has 0 amide bonds. The van der Waals surface area contributed by atoms with Gasteiger partial charge in [-0.1, -0.05) is 0 Å². The van der Waals surface area contributed by atoms with Gasteiger partial charge in [-0.05, 0) is 66.9 Å². The van der Waals surface area contributed by atoms with Gasteiger partial charge in [0.25, 0.3) is 0 Å². The van der Waals surface area contributed by atoms with Crippen molar-refractivity contribution in [1.82, 2.24) is 9.97 Å². The predicted molar refractivity (Wildman–Crippen MR) is 123 cm³/mol. The van der Waals surface area contributed by atoms with Gasteiger partial charge in [-0.15, -0.1) is 12.4 Å². The van der Waals surface area contributed by atoms with E-state index in [-0.39, 0.29) is 23.9 Å². The van der Waals surface area contributed by atoms with E-state index in [0.29, 0.717) is 36.2 Å². The Hall–Kier alpha value is -3.98. The number of benzene rings is 2. The number of ether oxygens (including phenoxy) is 2. The lowest BCUT2D eigenvalue weighted by atomic mass is 10.1. The smallest absolute Gasteiger partial charge is 0.230 e. The summed E-state index contributed by atoms with van der Waals surface area (Å²) in [6.07, 6.45) is 3.16. The summed E-state index contributed by atoms with van der Waals surface area (Å²) in [5.41, 5.74) is 4.49. The average Bonchev–Trinajstić information content (AvgIpc) is 3.24. The summed E-state index contributed by atoms with van der Waals surface area (Å²) >= 11 is 0. The van der Waals surface area contributed by atoms with Crippen LogP contribution in [-0.4, -0.2) is 9.97 Å². The maximum Gasteiger partial charge on any atom is 0.230 e. The zero-order chi connectivity index (χ0) is 22.7. The van der Waals surface area contributed by atoms with Gasteiger partial charge in [-0.2, -0.15) is 15.5 Å². The molecule has 33 heavy (non-hydrogen) atoms. The monoisotopic (exact) mass is 463 g/mol. The number of fused-ring (bicyclic) bond motifs is 1. The number of nitrogens with zero attached hydrogens (tertiary/aromatic N) is 4. The maximum absolute atomic E-state index is 14.0. The molecule has 0 unspecified atom stereocenters. The highest BCUT2D eigenvalue weighted by Gasteiger charge is 2.23. The molecule has 0 bridgehead atoms. The third-order valence-electron chi connectivity index (χ3n) is 4.92. The highest BCUT2D eigenvalue weighted by molar-refractivity contribution is 5.85. The van der Waals surface area contributed by atoms with Gasteiger partial charge in [0.05, 0.1) is 36.1 Å². The summed E-state index contributed by atoms with van der Waals surface area (Å²) in [6, 6.07) is 11.8. The van der Waals surface area contributed by atoms with Crippen LogP contribution in [0, 0.1) is 42.3 Å². The van der Waals surface area contributed by atoms with Crippen molar-refractivity contribution in [3.8, 4) is 23.8 Å². The summed E-state index contributed by atoms with van der Waals surface area (Å²) in [7, 11) is 0. The summed E-state index contributed by atoms with van der Waals surface area (Å²) < 4.78 is 25.7. The molecular weight excluding hydrogens is 445 g/mol. The lowest BCUT2D eigenvalue weighted by Gasteiger charge is -2.15. The van der Waals surface area contributed by atoms with Crippen LogP contribution in [0.25, 0.3) is 6.08 Å². The quantitative estimate of drug-likeness (QED) is 0.489. The lowest BCUT2D eigenvalue weighted by Crippen LogP contribution is -2.05. The van der Waals surface area contributed by atoms with Crippen LogP contribution in [0.15, 0.2) is 36.4 Å². The fourth-order valence-corrected chi connectivity index (χ4v) is 3.45. The lowest BCUT2D eigenvalue weighted by molar-refractivity contribution is 0.132. The minimum Gasteiger partial charge on any atom is -0.438 e. The Labute approximate surface area is 196 Å². The Morgan fingerprint density at radius 1 is 1.12 bits per heavy atom. The minimum atomic E-state index is -0.629. The van der Waals surface area contributed by atoms with E-state index in [4.69, 9.17) is 20.0 Å². The highest BCUT2D eigenvalue weighted by Crippen LogP contribution is 2.35. The zero-order valence-corrected chi connectivity index (χ0v) is 18.7. The van der Waals surface area contributed by atoms with Crippen LogP contribution in [-0.2, 0) is 18.0 Å². The van der Waals surface area contributed by atoms with E-state index >= 15 is 0 Å². The maximum atomic E-state index is 14.0. The van der Waals surface area contributed by atoms with Crippen LogP contribution in [0.4, 0.5) is 16.0 Å². The number of anilines is 2. The van der Waals surface area contributed by atoms with Crippen LogP contribution in [0.2, 0.25) is 0 Å². The Kier molecular flexibility index (Phi) is 7.24. The molecule has 3 aromatic rings. The number of halogens is 2. The third kappa shape index (κ3) is 5.09. The van der Waals surface area contributed by atoms with Crippen molar-refractivity contribution in [1.29, 1.82) is 10.5 Å². The molecule has 0 aliphatic carbocycles. The molecular formula is C24H19ClFN5O2. The average molecular weight is 464 g/mol. The molecule has 0 atom stereocenters. The van der Waals surface area contributed by atoms with Gasteiger partial charge in [-0.3, -0.25) is 0 Å². The number of hydrogen-bond donors (Lipinski definition) is 1. The molecule has 1 aromatic heterocycles. The number of rotatable bonds is 5. The van der Waals surface area contributed by atoms with Gasteiger partial charge < -0.3 is 14.8 Å². The Bertz CT molecular complexity index is 1300. The topological polar surface area (TPSA) is 104 Å². The van der Waals surface area contributed by atoms with E-state index in [2.05, 4.69) is 15.3 Å². The molecule has 166 valence electrons. The number of aryl methyl sites for hydroxylation is 2. The van der Waals surface area contributed by atoms with Gasteiger partial charge in [0.1, 0.15) is 17.6 Å². The van der Waals surface area contributed by atoms with Crippen molar-refractivity contribution in [3.05, 3.63) is 75.7 Å². The second-order valence-electron chi connectivity index (χ2n) is 7.25. The number of nitriles is 2. The molecule has 1 aliphatic rings. The molecule has 0 radical (unpaired) electrons. The molecule has 0 spiro atoms. The van der Waals surface area contributed by atoms with Crippen molar-refractivity contribution in [2.45, 2.75) is 27.1 Å². The molecule has 9 heteroatoms. The molecule has 0 saturated carbocycles. The van der Waals surface area contributed by atoms with Crippen molar-refractivity contribution in [2.24, 2.45) is 0 Å². The SMILES string of the molecule is Cc1cc(/C=C/C#N)cc(C)c1Oc1nc(Nc2ccc(C#N)c(F)c2)nc2c1COC2.Cl. The Balaban J connectivity index is 0.00000306. The Morgan fingerprint density at radius 3 is 2.55 bits per heavy atom. The first-order valence-electron chi connectivity index (χ1n) is 9.78. The molecule has 0 fully saturated rings. The minimum absolute atomic E-state index is 0. The first-order chi connectivity index (χ1) is 15.5. The first-order valence-corrected chi connectivity index (χ1v) is 9.78. The zero-order valence-electron chi connectivity index (χ0n) is 17.8. The standard InChI is InChI=1S/C24H18FN5O2.ClH/c1-14-8-16(4-3-7-26)9-15(2)22(14)32-23-19-12-31-13-21(19)29-24(30-23)28-18-6-5-17(11-27)20(25)10-18;/h3-6,8-10H,12-13H2,1-2H3,(H,28,29,30);1H/b4-3+;. The molecule has 4 rings (SSSR count). The van der Waals surface area contributed by atoms with Crippen LogP contribution in [0.5, 0.6) is 11.6 Å². The second-order valence-corrected chi connectivity index (χ2v) is 7.25. The van der Waals surface area contributed by atoms with Gasteiger partial charge in [0, 0.05) is 11.8 Å². The predicted octanol–water partition coefficient (Wildman–Crippen LogP) is 5.63. The van der Waals surface area contributed by atoms with Crippen LogP contribution in [0.3, 0.4) is 0 Å². The molecule has 2 heterocycles. The summed E-state index contributed by atoms with van der Waals surface area (Å²) in [4.78, 5) is 8.95. The van der Waals surface area contributed by atoms with Crippen LogP contribution < -0.4 is 10.1 Å². The van der Waals surface area contributed by atoms with Crippen LogP contribution in [0.1, 0.15) is 33.5 Å². The molecule has 1 aliphatic heterocycles. The van der Waals surface area contributed by atoms with Crippen molar-refractivity contribution in [3.63, 3.8) is 0 Å². The summed E-state index contributed by atoms with van der Waals surface area (Å²) in [5.74, 6) is 0.616. The van der Waals surface area contributed by atoms with Gasteiger partial charge in [-0.25, -0.2) is 9.37 Å². The van der Waals surface area contributed by atoms with E-state index in [1.807, 2.05) is 32.0 Å². The van der Waals surface area contributed by atoms with E-state index in [9.17, 15) is 4.39 Å². The largest absolute Gasteiger partial charge is 0.438 e. The highest BCUT2D eigenvalue weighted by atomic mass is 35.5. The molecule has 2 aromatic carbocycles. The van der Waals surface area contributed by atoms with E-state index in [1.54, 1.807) is 18.2 Å². The van der Waals surface area contributed by atoms with Crippen molar-refractivity contribution in [2.75, 3.05) is 5.32 Å². The Morgan fingerprint density at radius 2 is 1.88 bits per heavy atom. The molecule has 7 nitrogen and oxygen atoms in total. The summed E-state index contributed by atoms with van der Waals surface area (Å²) in [6.45, 7) is 4.49. The van der Waals surface area contributed by atoms with E-state index in [0.717, 1.165) is 22.3 Å².